The highest BCUT2D eigenvalue weighted by Crippen LogP contribution is 2.38. The van der Waals surface area contributed by atoms with E-state index in [1.807, 2.05) is 39.0 Å². The van der Waals surface area contributed by atoms with E-state index < -0.39 is 4.92 Å². The largest absolute Gasteiger partial charge is 0.361 e. The second-order valence-corrected chi connectivity index (χ2v) is 9.79. The maximum atomic E-state index is 11.2. The molecule has 2 heterocycles. The maximum absolute atomic E-state index is 11.2. The summed E-state index contributed by atoms with van der Waals surface area (Å²) in [6.07, 6.45) is 2.50. The Morgan fingerprint density at radius 1 is 1.19 bits per heavy atom. The van der Waals surface area contributed by atoms with Crippen molar-refractivity contribution in [1.29, 1.82) is 0 Å². The van der Waals surface area contributed by atoms with Gasteiger partial charge in [-0.15, -0.1) is 0 Å². The van der Waals surface area contributed by atoms with Gasteiger partial charge < -0.3 is 15.4 Å². The topological polar surface area (TPSA) is 114 Å². The number of nitrogens with zero attached hydrogens (tertiary/aromatic N) is 3. The van der Waals surface area contributed by atoms with Crippen LogP contribution < -0.4 is 16.0 Å². The second-order valence-electron chi connectivity index (χ2n) is 9.38. The summed E-state index contributed by atoms with van der Waals surface area (Å²) in [6.45, 7) is 9.04. The van der Waals surface area contributed by atoms with Crippen LogP contribution in [0.3, 0.4) is 0 Å². The average Bonchev–Trinajstić information content (AvgIpc) is 2.84. The molecular formula is C26H31ClN6O3. The van der Waals surface area contributed by atoms with Gasteiger partial charge in [-0.25, -0.2) is 4.98 Å². The monoisotopic (exact) mass is 510 g/mol. The van der Waals surface area contributed by atoms with Gasteiger partial charge in [0.25, 0.3) is 5.69 Å². The van der Waals surface area contributed by atoms with Gasteiger partial charge in [0, 0.05) is 24.4 Å². The lowest BCUT2D eigenvalue weighted by Crippen LogP contribution is -2.44. The summed E-state index contributed by atoms with van der Waals surface area (Å²) >= 11 is 6.46. The highest BCUT2D eigenvalue weighted by Gasteiger charge is 2.31. The van der Waals surface area contributed by atoms with Crippen LogP contribution in [0.4, 0.5) is 28.8 Å². The summed E-state index contributed by atoms with van der Waals surface area (Å²) in [4.78, 5) is 19.6. The van der Waals surface area contributed by atoms with E-state index in [1.165, 1.54) is 23.9 Å². The number of nitro benzene ring substituents is 1. The van der Waals surface area contributed by atoms with Gasteiger partial charge in [-0.1, -0.05) is 42.8 Å². The van der Waals surface area contributed by atoms with Crippen molar-refractivity contribution in [1.82, 2.24) is 15.3 Å². The van der Waals surface area contributed by atoms with E-state index in [2.05, 4.69) is 38.9 Å². The number of para-hydroxylation sites is 1. The lowest BCUT2D eigenvalue weighted by Gasteiger charge is -2.37. The van der Waals surface area contributed by atoms with Gasteiger partial charge in [0.2, 0.25) is 5.95 Å². The lowest BCUT2D eigenvalue weighted by molar-refractivity contribution is -0.384. The van der Waals surface area contributed by atoms with Crippen LogP contribution in [-0.2, 0) is 4.74 Å². The van der Waals surface area contributed by atoms with Crippen LogP contribution in [-0.4, -0.2) is 33.8 Å². The van der Waals surface area contributed by atoms with Crippen molar-refractivity contribution in [3.63, 3.8) is 0 Å². The van der Waals surface area contributed by atoms with Crippen molar-refractivity contribution >= 4 is 40.4 Å². The normalized spacial score (nSPS) is 19.8. The molecule has 1 aliphatic rings. The number of non-ortho nitro benzene ring substituents is 1. The number of halogens is 1. The molecule has 3 aromatic rings. The van der Waals surface area contributed by atoms with Gasteiger partial charge in [0.1, 0.15) is 11.3 Å². The zero-order chi connectivity index (χ0) is 25.8. The van der Waals surface area contributed by atoms with Gasteiger partial charge in [-0.3, -0.25) is 15.4 Å². The Morgan fingerprint density at radius 3 is 2.72 bits per heavy atom. The number of hydrogen-bond acceptors (Lipinski definition) is 8. The van der Waals surface area contributed by atoms with Gasteiger partial charge in [0.05, 0.1) is 22.9 Å². The van der Waals surface area contributed by atoms with Crippen LogP contribution in [0.2, 0.25) is 5.02 Å². The molecule has 1 saturated heterocycles. The standard InChI is InChI=1S/C26H31ClN6O3/c1-15(2)36-24-12-20(17(4)13-28-24)19-7-5-6-8-22(19)30-25-21(27)14-29-26(32-25)31-23-11-18(33(34)35)10-9-16(23)3/h5-11,14-15,17,20,24,28H,12-13H2,1-4H3,(H2,29,30,31,32). The molecule has 9 nitrogen and oxygen atoms in total. The average molecular weight is 511 g/mol. The number of nitro groups is 1. The minimum Gasteiger partial charge on any atom is -0.361 e. The number of aromatic nitrogens is 2. The van der Waals surface area contributed by atoms with Gasteiger partial charge in [0.15, 0.2) is 5.82 Å². The van der Waals surface area contributed by atoms with Gasteiger partial charge >= 0.3 is 0 Å². The smallest absolute Gasteiger partial charge is 0.271 e. The Morgan fingerprint density at radius 2 is 1.97 bits per heavy atom. The first-order valence-corrected chi connectivity index (χ1v) is 12.4. The highest BCUT2D eigenvalue weighted by atomic mass is 35.5. The first-order valence-electron chi connectivity index (χ1n) is 12.0. The number of rotatable bonds is 8. The third-order valence-corrected chi connectivity index (χ3v) is 6.57. The number of hydrogen-bond donors (Lipinski definition) is 3. The summed E-state index contributed by atoms with van der Waals surface area (Å²) in [5.74, 6) is 1.42. The molecule has 0 radical (unpaired) electrons. The Labute approximate surface area is 215 Å². The van der Waals surface area contributed by atoms with Crippen molar-refractivity contribution in [2.24, 2.45) is 5.92 Å². The van der Waals surface area contributed by atoms with E-state index in [4.69, 9.17) is 16.3 Å². The third kappa shape index (κ3) is 6.10. The van der Waals surface area contributed by atoms with Crippen LogP contribution in [0, 0.1) is 23.0 Å². The van der Waals surface area contributed by atoms with E-state index in [9.17, 15) is 10.1 Å². The Bertz CT molecular complexity index is 1240. The minimum atomic E-state index is -0.435. The number of piperidine rings is 1. The molecule has 36 heavy (non-hydrogen) atoms. The molecule has 0 amide bonds. The number of ether oxygens (including phenoxy) is 1. The van der Waals surface area contributed by atoms with Crippen LogP contribution in [0.1, 0.15) is 44.2 Å². The van der Waals surface area contributed by atoms with Crippen molar-refractivity contribution in [3.05, 3.63) is 74.9 Å². The Balaban J connectivity index is 1.59. The molecule has 0 bridgehead atoms. The summed E-state index contributed by atoms with van der Waals surface area (Å²) in [5, 5.41) is 21.5. The van der Waals surface area contributed by atoms with Crippen molar-refractivity contribution in [2.75, 3.05) is 17.2 Å². The van der Waals surface area contributed by atoms with Gasteiger partial charge in [-0.2, -0.15) is 4.98 Å². The summed E-state index contributed by atoms with van der Waals surface area (Å²) in [5.41, 5.74) is 3.45. The van der Waals surface area contributed by atoms with Crippen LogP contribution >= 0.6 is 11.6 Å². The highest BCUT2D eigenvalue weighted by molar-refractivity contribution is 6.32. The summed E-state index contributed by atoms with van der Waals surface area (Å²) in [7, 11) is 0. The van der Waals surface area contributed by atoms with E-state index in [0.29, 0.717) is 22.4 Å². The molecule has 3 atom stereocenters. The fourth-order valence-electron chi connectivity index (χ4n) is 4.43. The Hall–Kier alpha value is -3.27. The molecule has 1 fully saturated rings. The predicted molar refractivity (Wildman–Crippen MR) is 142 cm³/mol. The fraction of sp³-hybridized carbons (Fsp3) is 0.385. The van der Waals surface area contributed by atoms with Crippen molar-refractivity contribution in [2.45, 2.75) is 52.4 Å². The molecule has 0 aliphatic carbocycles. The van der Waals surface area contributed by atoms with Gasteiger partial charge in [-0.05, 0) is 56.2 Å². The molecular weight excluding hydrogens is 480 g/mol. The quantitative estimate of drug-likeness (QED) is 0.239. The maximum Gasteiger partial charge on any atom is 0.271 e. The van der Waals surface area contributed by atoms with E-state index >= 15 is 0 Å². The Kier molecular flexibility index (Phi) is 8.03. The third-order valence-electron chi connectivity index (χ3n) is 6.29. The second kappa shape index (κ2) is 11.2. The first-order chi connectivity index (χ1) is 17.2. The molecule has 190 valence electrons. The number of anilines is 4. The van der Waals surface area contributed by atoms with Crippen LogP contribution in [0.5, 0.6) is 0 Å². The zero-order valence-electron chi connectivity index (χ0n) is 20.8. The molecule has 4 rings (SSSR count). The molecule has 1 aliphatic heterocycles. The van der Waals surface area contributed by atoms with Crippen LogP contribution in [0.25, 0.3) is 0 Å². The van der Waals surface area contributed by atoms with E-state index in [-0.39, 0.29) is 29.9 Å². The predicted octanol–water partition coefficient (Wildman–Crippen LogP) is 6.30. The molecule has 0 saturated carbocycles. The molecule has 3 unspecified atom stereocenters. The SMILES string of the molecule is Cc1ccc([N+](=O)[O-])cc1Nc1ncc(Cl)c(Nc2ccccc2C2CC(OC(C)C)NCC2C)n1. The van der Waals surface area contributed by atoms with E-state index in [0.717, 1.165) is 24.2 Å². The molecule has 1 aromatic heterocycles. The molecule has 10 heteroatoms. The molecule has 2 aromatic carbocycles. The van der Waals surface area contributed by atoms with Crippen molar-refractivity contribution < 1.29 is 9.66 Å². The number of nitrogens with one attached hydrogen (secondary N) is 3. The number of benzene rings is 2. The number of aryl methyl sites for hydroxylation is 1. The van der Waals surface area contributed by atoms with Crippen molar-refractivity contribution in [3.8, 4) is 0 Å². The van der Waals surface area contributed by atoms with E-state index in [1.54, 1.807) is 6.07 Å². The fourth-order valence-corrected chi connectivity index (χ4v) is 4.57. The first kappa shape index (κ1) is 25.8. The minimum absolute atomic E-state index is 0.00383. The van der Waals surface area contributed by atoms with Crippen LogP contribution in [0.15, 0.2) is 48.7 Å². The summed E-state index contributed by atoms with van der Waals surface area (Å²) < 4.78 is 6.05. The summed E-state index contributed by atoms with van der Waals surface area (Å²) in [6, 6.07) is 12.8. The lowest BCUT2D eigenvalue weighted by atomic mass is 9.81. The zero-order valence-corrected chi connectivity index (χ0v) is 21.5. The molecule has 0 spiro atoms. The molecule has 3 N–H and O–H groups in total.